The summed E-state index contributed by atoms with van der Waals surface area (Å²) in [6.07, 6.45) is 4.11. The Balaban J connectivity index is 0.00000144. The van der Waals surface area contributed by atoms with Crippen LogP contribution in [0.15, 0.2) is 30.5 Å². The van der Waals surface area contributed by atoms with Gasteiger partial charge in [-0.2, -0.15) is 0 Å². The van der Waals surface area contributed by atoms with E-state index in [1.54, 1.807) is 0 Å². The molecule has 0 spiro atoms. The molecule has 2 heterocycles. The molecule has 1 unspecified atom stereocenters. The Kier molecular flexibility index (Phi) is 8.03. The lowest BCUT2D eigenvalue weighted by Gasteiger charge is -2.13. The number of halogens is 2. The maximum Gasteiger partial charge on any atom is 0.241 e. The number of aromatic nitrogens is 1. The van der Waals surface area contributed by atoms with Gasteiger partial charge >= 0.3 is 0 Å². The maximum atomic E-state index is 12.2. The smallest absolute Gasteiger partial charge is 0.241 e. The Bertz CT molecular complexity index is 666. The van der Waals surface area contributed by atoms with Crippen LogP contribution in [0, 0.1) is 0 Å². The molecular formula is C17H26Cl2N4O. The zero-order valence-electron chi connectivity index (χ0n) is 14.1. The third-order valence-corrected chi connectivity index (χ3v) is 4.21. The van der Waals surface area contributed by atoms with Gasteiger partial charge in [-0.05, 0) is 57.1 Å². The molecule has 0 saturated carbocycles. The van der Waals surface area contributed by atoms with Gasteiger partial charge in [0.2, 0.25) is 5.91 Å². The molecule has 7 heteroatoms. The summed E-state index contributed by atoms with van der Waals surface area (Å²) in [7, 11) is 4.15. The van der Waals surface area contributed by atoms with Gasteiger partial charge in [-0.25, -0.2) is 0 Å². The first-order valence-electron chi connectivity index (χ1n) is 7.91. The zero-order chi connectivity index (χ0) is 15.5. The molecular weight excluding hydrogens is 347 g/mol. The second-order valence-electron chi connectivity index (χ2n) is 6.22. The quantitative estimate of drug-likeness (QED) is 0.848. The molecule has 1 atom stereocenters. The molecule has 1 aliphatic heterocycles. The van der Waals surface area contributed by atoms with Crippen molar-refractivity contribution < 1.29 is 4.79 Å². The van der Waals surface area contributed by atoms with Crippen LogP contribution in [-0.2, 0) is 11.3 Å². The summed E-state index contributed by atoms with van der Waals surface area (Å²) in [6, 6.07) is 8.19. The first-order chi connectivity index (χ1) is 10.6. The van der Waals surface area contributed by atoms with Crippen molar-refractivity contribution in [3.63, 3.8) is 0 Å². The number of nitrogens with zero attached hydrogens (tertiary/aromatic N) is 2. The highest BCUT2D eigenvalue weighted by Crippen LogP contribution is 2.21. The van der Waals surface area contributed by atoms with Gasteiger partial charge in [0.15, 0.2) is 0 Å². The minimum Gasteiger partial charge on any atom is -0.346 e. The summed E-state index contributed by atoms with van der Waals surface area (Å²) in [6.45, 7) is 2.87. The van der Waals surface area contributed by atoms with Gasteiger partial charge in [0, 0.05) is 25.0 Å². The van der Waals surface area contributed by atoms with Crippen LogP contribution in [0.1, 0.15) is 12.8 Å². The molecule has 5 nitrogen and oxygen atoms in total. The average molecular weight is 373 g/mol. The summed E-state index contributed by atoms with van der Waals surface area (Å²) in [5.41, 5.74) is 2.04. The lowest BCUT2D eigenvalue weighted by molar-refractivity contribution is -0.117. The average Bonchev–Trinajstić information content (AvgIpc) is 3.14. The van der Waals surface area contributed by atoms with Crippen molar-refractivity contribution in [1.82, 2.24) is 14.8 Å². The van der Waals surface area contributed by atoms with Crippen molar-refractivity contribution in [3.05, 3.63) is 30.5 Å². The SMILES string of the molecule is CN(C)CCn1ccc2ccc(NC(=O)C3CCCN3)cc21.Cl.Cl. The third-order valence-electron chi connectivity index (χ3n) is 4.21. The Morgan fingerprint density at radius 1 is 1.33 bits per heavy atom. The van der Waals surface area contributed by atoms with Gasteiger partial charge in [-0.15, -0.1) is 24.8 Å². The van der Waals surface area contributed by atoms with Crippen LogP contribution >= 0.6 is 24.8 Å². The van der Waals surface area contributed by atoms with Crippen LogP contribution in [0.25, 0.3) is 10.9 Å². The lowest BCUT2D eigenvalue weighted by Crippen LogP contribution is -2.35. The highest BCUT2D eigenvalue weighted by molar-refractivity contribution is 5.97. The van der Waals surface area contributed by atoms with Crippen molar-refractivity contribution in [2.24, 2.45) is 0 Å². The monoisotopic (exact) mass is 372 g/mol. The van der Waals surface area contributed by atoms with Crippen molar-refractivity contribution in [3.8, 4) is 0 Å². The van der Waals surface area contributed by atoms with Gasteiger partial charge in [0.05, 0.1) is 11.6 Å². The summed E-state index contributed by atoms with van der Waals surface area (Å²) < 4.78 is 2.23. The van der Waals surface area contributed by atoms with E-state index in [0.29, 0.717) is 0 Å². The van der Waals surface area contributed by atoms with Crippen LogP contribution in [0.2, 0.25) is 0 Å². The van der Waals surface area contributed by atoms with E-state index < -0.39 is 0 Å². The van der Waals surface area contributed by atoms with Gasteiger partial charge in [-0.3, -0.25) is 4.79 Å². The molecule has 0 aliphatic carbocycles. The normalized spacial score (nSPS) is 16.7. The van der Waals surface area contributed by atoms with E-state index in [4.69, 9.17) is 0 Å². The van der Waals surface area contributed by atoms with E-state index in [0.717, 1.165) is 38.2 Å². The molecule has 24 heavy (non-hydrogen) atoms. The first-order valence-corrected chi connectivity index (χ1v) is 7.91. The Labute approximate surface area is 155 Å². The van der Waals surface area contributed by atoms with Crippen LogP contribution in [-0.4, -0.2) is 48.6 Å². The number of hydrogen-bond acceptors (Lipinski definition) is 3. The van der Waals surface area contributed by atoms with E-state index >= 15 is 0 Å². The van der Waals surface area contributed by atoms with Crippen molar-refractivity contribution >= 4 is 47.3 Å². The third kappa shape index (κ3) is 4.86. The minimum absolute atomic E-state index is 0. The van der Waals surface area contributed by atoms with Crippen LogP contribution in [0.4, 0.5) is 5.69 Å². The molecule has 1 amide bonds. The van der Waals surface area contributed by atoms with Crippen molar-refractivity contribution in [2.75, 3.05) is 32.5 Å². The van der Waals surface area contributed by atoms with E-state index in [1.807, 2.05) is 6.07 Å². The number of amides is 1. The standard InChI is InChI=1S/C17H24N4O.2ClH/c1-20(2)10-11-21-9-7-13-5-6-14(12-16(13)21)19-17(22)15-4-3-8-18-15;;/h5-7,9,12,15,18H,3-4,8,10-11H2,1-2H3,(H,19,22);2*1H. The van der Waals surface area contributed by atoms with E-state index in [2.05, 4.69) is 58.6 Å². The number of rotatable bonds is 5. The molecule has 3 rings (SSSR count). The maximum absolute atomic E-state index is 12.2. The van der Waals surface area contributed by atoms with Crippen LogP contribution in [0.3, 0.4) is 0 Å². The fraction of sp³-hybridized carbons (Fsp3) is 0.471. The Morgan fingerprint density at radius 3 is 2.79 bits per heavy atom. The fourth-order valence-corrected chi connectivity index (χ4v) is 2.90. The largest absolute Gasteiger partial charge is 0.346 e. The van der Waals surface area contributed by atoms with E-state index in [-0.39, 0.29) is 36.8 Å². The highest BCUT2D eigenvalue weighted by Gasteiger charge is 2.21. The zero-order valence-corrected chi connectivity index (χ0v) is 15.8. The first kappa shape index (κ1) is 20.8. The molecule has 1 fully saturated rings. The molecule has 1 aromatic carbocycles. The van der Waals surface area contributed by atoms with Crippen LogP contribution < -0.4 is 10.6 Å². The highest BCUT2D eigenvalue weighted by atomic mass is 35.5. The summed E-state index contributed by atoms with van der Waals surface area (Å²) >= 11 is 0. The van der Waals surface area contributed by atoms with Crippen molar-refractivity contribution in [1.29, 1.82) is 0 Å². The number of hydrogen-bond donors (Lipinski definition) is 2. The van der Waals surface area contributed by atoms with Gasteiger partial charge < -0.3 is 20.1 Å². The number of likely N-dealkylation sites (N-methyl/N-ethyl adjacent to an activating group) is 1. The van der Waals surface area contributed by atoms with E-state index in [1.165, 1.54) is 10.9 Å². The summed E-state index contributed by atoms with van der Waals surface area (Å²) in [4.78, 5) is 14.4. The second kappa shape index (κ2) is 9.28. The Morgan fingerprint density at radius 2 is 2.12 bits per heavy atom. The van der Waals surface area contributed by atoms with Gasteiger partial charge in [0.25, 0.3) is 0 Å². The van der Waals surface area contributed by atoms with Crippen molar-refractivity contribution in [2.45, 2.75) is 25.4 Å². The topological polar surface area (TPSA) is 49.3 Å². The number of nitrogens with one attached hydrogen (secondary N) is 2. The number of anilines is 1. The predicted molar refractivity (Wildman–Crippen MR) is 105 cm³/mol. The fourth-order valence-electron chi connectivity index (χ4n) is 2.90. The molecule has 2 aromatic rings. The molecule has 134 valence electrons. The lowest BCUT2D eigenvalue weighted by atomic mass is 10.2. The van der Waals surface area contributed by atoms with E-state index in [9.17, 15) is 4.79 Å². The summed E-state index contributed by atoms with van der Waals surface area (Å²) in [5, 5.41) is 7.47. The summed E-state index contributed by atoms with van der Waals surface area (Å²) in [5.74, 6) is 0.0725. The number of carbonyl (C=O) groups is 1. The molecule has 0 radical (unpaired) electrons. The number of benzene rings is 1. The number of fused-ring (bicyclic) bond motifs is 1. The van der Waals surface area contributed by atoms with Gasteiger partial charge in [0.1, 0.15) is 0 Å². The molecule has 1 aliphatic rings. The molecule has 1 saturated heterocycles. The predicted octanol–water partition coefficient (Wildman–Crippen LogP) is 2.74. The minimum atomic E-state index is -0.0452. The molecule has 0 bridgehead atoms. The molecule has 2 N–H and O–H groups in total. The van der Waals surface area contributed by atoms with Gasteiger partial charge in [-0.1, -0.05) is 6.07 Å². The van der Waals surface area contributed by atoms with Crippen LogP contribution in [0.5, 0.6) is 0 Å². The molecule has 1 aromatic heterocycles. The second-order valence-corrected chi connectivity index (χ2v) is 6.22. The Hall–Kier alpha value is -1.27. The number of carbonyl (C=O) groups excluding carboxylic acids is 1.